The van der Waals surface area contributed by atoms with Crippen LogP contribution in [-0.2, 0) is 6.42 Å². The molecule has 0 unspecified atom stereocenters. The smallest absolute Gasteiger partial charge is 0.259 e. The van der Waals surface area contributed by atoms with Crippen molar-refractivity contribution in [3.8, 4) is 0 Å². The van der Waals surface area contributed by atoms with E-state index in [2.05, 4.69) is 20.3 Å². The molecule has 9 heteroatoms. The number of fused-ring (bicyclic) bond motifs is 2. The normalized spacial score (nSPS) is 11.4. The van der Waals surface area contributed by atoms with Crippen LogP contribution in [0.2, 0.25) is 0 Å². The van der Waals surface area contributed by atoms with Crippen LogP contribution >= 0.6 is 22.7 Å². The third-order valence-corrected chi connectivity index (χ3v) is 6.63. The number of carbonyl (C=O) groups is 1. The van der Waals surface area contributed by atoms with Crippen molar-refractivity contribution >= 4 is 54.1 Å². The van der Waals surface area contributed by atoms with E-state index in [0.717, 1.165) is 31.1 Å². The number of aromatic nitrogens is 3. The first-order chi connectivity index (χ1) is 13.3. The summed E-state index contributed by atoms with van der Waals surface area (Å²) in [4.78, 5) is 38.3. The molecule has 0 fully saturated rings. The van der Waals surface area contributed by atoms with E-state index in [-0.39, 0.29) is 11.5 Å². The molecule has 0 aliphatic heterocycles. The Bertz CT molecular complexity index is 1290. The highest BCUT2D eigenvalue weighted by molar-refractivity contribution is 7.22. The number of nitrogens with one attached hydrogen (secondary N) is 2. The Labute approximate surface area is 168 Å². The number of rotatable bonds is 4. The predicted molar refractivity (Wildman–Crippen MR) is 115 cm³/mol. The summed E-state index contributed by atoms with van der Waals surface area (Å²) in [5, 5.41) is 4.03. The Morgan fingerprint density at radius 3 is 2.79 bits per heavy atom. The SMILES string of the molecule is Cc1sc2nc(CCNC(=O)c3cc(C)c4nc(N)sc4c3)[nH]c(=O)c2c1C. The number of benzene rings is 1. The molecular weight excluding hydrogens is 394 g/mol. The van der Waals surface area contributed by atoms with Crippen molar-refractivity contribution in [2.75, 3.05) is 12.3 Å². The molecule has 7 nitrogen and oxygen atoms in total. The van der Waals surface area contributed by atoms with E-state index in [4.69, 9.17) is 5.73 Å². The Balaban J connectivity index is 1.48. The minimum Gasteiger partial charge on any atom is -0.375 e. The summed E-state index contributed by atoms with van der Waals surface area (Å²) in [5.41, 5.74) is 8.92. The topological polar surface area (TPSA) is 114 Å². The van der Waals surface area contributed by atoms with Crippen LogP contribution < -0.4 is 16.6 Å². The fourth-order valence-corrected chi connectivity index (χ4v) is 5.06. The summed E-state index contributed by atoms with van der Waals surface area (Å²) in [5.74, 6) is 0.393. The first-order valence-corrected chi connectivity index (χ1v) is 10.4. The van der Waals surface area contributed by atoms with E-state index < -0.39 is 0 Å². The second-order valence-corrected chi connectivity index (χ2v) is 8.94. The monoisotopic (exact) mass is 413 g/mol. The number of H-pyrrole nitrogens is 1. The predicted octanol–water partition coefficient (Wildman–Crippen LogP) is 3.07. The van der Waals surface area contributed by atoms with Crippen molar-refractivity contribution in [1.82, 2.24) is 20.3 Å². The van der Waals surface area contributed by atoms with Gasteiger partial charge >= 0.3 is 0 Å². The standard InChI is InChI=1S/C19H19N5O2S2/c1-8-6-11(7-12-15(8)24-19(20)28-12)16(25)21-5-4-13-22-17(26)14-9(2)10(3)27-18(14)23-13/h6-7H,4-5H2,1-3H3,(H2,20,24)(H,21,25)(H,22,23,26). The molecule has 1 amide bonds. The van der Waals surface area contributed by atoms with Crippen LogP contribution in [0.3, 0.4) is 0 Å². The number of aryl methyl sites for hydroxylation is 3. The van der Waals surface area contributed by atoms with Crippen LogP contribution in [0.25, 0.3) is 20.4 Å². The molecule has 0 radical (unpaired) electrons. The zero-order valence-corrected chi connectivity index (χ0v) is 17.3. The second kappa shape index (κ2) is 6.99. The first-order valence-electron chi connectivity index (χ1n) is 8.77. The Kier molecular flexibility index (Phi) is 4.64. The lowest BCUT2D eigenvalue weighted by molar-refractivity contribution is 0.0954. The average Bonchev–Trinajstić information content (AvgIpc) is 3.14. The molecule has 28 heavy (non-hydrogen) atoms. The minimum absolute atomic E-state index is 0.128. The summed E-state index contributed by atoms with van der Waals surface area (Å²) in [6, 6.07) is 3.61. The number of aromatic amines is 1. The highest BCUT2D eigenvalue weighted by Crippen LogP contribution is 2.28. The molecule has 4 aromatic rings. The number of hydrogen-bond acceptors (Lipinski definition) is 7. The molecule has 0 aliphatic carbocycles. The van der Waals surface area contributed by atoms with E-state index in [1.54, 1.807) is 12.1 Å². The van der Waals surface area contributed by atoms with Gasteiger partial charge in [-0.15, -0.1) is 11.3 Å². The van der Waals surface area contributed by atoms with Gasteiger partial charge in [0.15, 0.2) is 5.13 Å². The van der Waals surface area contributed by atoms with Gasteiger partial charge in [0.1, 0.15) is 10.7 Å². The van der Waals surface area contributed by atoms with E-state index in [9.17, 15) is 9.59 Å². The van der Waals surface area contributed by atoms with Crippen LogP contribution in [0, 0.1) is 20.8 Å². The highest BCUT2D eigenvalue weighted by atomic mass is 32.1. The summed E-state index contributed by atoms with van der Waals surface area (Å²) in [6.45, 7) is 6.20. The lowest BCUT2D eigenvalue weighted by Gasteiger charge is -2.06. The molecule has 0 saturated heterocycles. The summed E-state index contributed by atoms with van der Waals surface area (Å²) in [6.07, 6.45) is 0.446. The van der Waals surface area contributed by atoms with Gasteiger partial charge in [0.05, 0.1) is 15.6 Å². The molecule has 3 aromatic heterocycles. The van der Waals surface area contributed by atoms with Crippen LogP contribution in [0.1, 0.15) is 32.2 Å². The fourth-order valence-electron chi connectivity index (χ4n) is 3.16. The van der Waals surface area contributed by atoms with Crippen molar-refractivity contribution in [2.45, 2.75) is 27.2 Å². The Hall–Kier alpha value is -2.78. The number of nitrogen functional groups attached to an aromatic ring is 1. The molecule has 3 heterocycles. The van der Waals surface area contributed by atoms with Crippen molar-refractivity contribution in [3.05, 3.63) is 49.9 Å². The van der Waals surface area contributed by atoms with Gasteiger partial charge in [-0.25, -0.2) is 9.97 Å². The van der Waals surface area contributed by atoms with Gasteiger partial charge in [-0.1, -0.05) is 11.3 Å². The molecule has 0 bridgehead atoms. The quantitative estimate of drug-likeness (QED) is 0.476. The van der Waals surface area contributed by atoms with E-state index >= 15 is 0 Å². The third-order valence-electron chi connectivity index (χ3n) is 4.70. The second-order valence-electron chi connectivity index (χ2n) is 6.67. The Morgan fingerprint density at radius 2 is 2.00 bits per heavy atom. The van der Waals surface area contributed by atoms with Crippen molar-refractivity contribution < 1.29 is 4.79 Å². The number of amides is 1. The van der Waals surface area contributed by atoms with Gasteiger partial charge in [-0.05, 0) is 44.0 Å². The maximum atomic E-state index is 12.5. The zero-order valence-electron chi connectivity index (χ0n) is 15.7. The number of thiophene rings is 1. The van der Waals surface area contributed by atoms with Crippen molar-refractivity contribution in [2.24, 2.45) is 0 Å². The van der Waals surface area contributed by atoms with Gasteiger partial charge in [0.25, 0.3) is 11.5 Å². The molecule has 4 rings (SSSR count). The van der Waals surface area contributed by atoms with E-state index in [1.165, 1.54) is 22.7 Å². The largest absolute Gasteiger partial charge is 0.375 e. The molecule has 144 valence electrons. The summed E-state index contributed by atoms with van der Waals surface area (Å²) < 4.78 is 0.891. The Morgan fingerprint density at radius 1 is 1.21 bits per heavy atom. The number of anilines is 1. The first kappa shape index (κ1) is 18.6. The number of nitrogens with zero attached hydrogens (tertiary/aromatic N) is 2. The van der Waals surface area contributed by atoms with Crippen LogP contribution in [0.4, 0.5) is 5.13 Å². The minimum atomic E-state index is -0.178. The van der Waals surface area contributed by atoms with Gasteiger partial charge in [0, 0.05) is 23.4 Å². The lowest BCUT2D eigenvalue weighted by Crippen LogP contribution is -2.26. The van der Waals surface area contributed by atoms with E-state index in [1.807, 2.05) is 20.8 Å². The van der Waals surface area contributed by atoms with Gasteiger partial charge < -0.3 is 16.0 Å². The maximum Gasteiger partial charge on any atom is 0.259 e. The molecule has 1 aromatic carbocycles. The molecule has 0 saturated carbocycles. The highest BCUT2D eigenvalue weighted by Gasteiger charge is 2.13. The van der Waals surface area contributed by atoms with E-state index in [0.29, 0.717) is 34.9 Å². The molecular formula is C19H19N5O2S2. The summed E-state index contributed by atoms with van der Waals surface area (Å²) in [7, 11) is 0. The zero-order chi connectivity index (χ0) is 20.0. The van der Waals surface area contributed by atoms with Gasteiger partial charge in [-0.3, -0.25) is 9.59 Å². The number of hydrogen-bond donors (Lipinski definition) is 3. The lowest BCUT2D eigenvalue weighted by atomic mass is 10.1. The molecule has 0 atom stereocenters. The van der Waals surface area contributed by atoms with Gasteiger partial charge in [0.2, 0.25) is 0 Å². The van der Waals surface area contributed by atoms with Crippen molar-refractivity contribution in [1.29, 1.82) is 0 Å². The number of carbonyl (C=O) groups excluding carboxylic acids is 1. The number of thiazole rings is 1. The molecule has 0 aliphatic rings. The van der Waals surface area contributed by atoms with Crippen LogP contribution in [-0.4, -0.2) is 27.4 Å². The fraction of sp³-hybridized carbons (Fsp3) is 0.263. The molecule has 4 N–H and O–H groups in total. The van der Waals surface area contributed by atoms with Crippen LogP contribution in [0.5, 0.6) is 0 Å². The maximum absolute atomic E-state index is 12.5. The number of nitrogens with two attached hydrogens (primary N) is 1. The van der Waals surface area contributed by atoms with Crippen molar-refractivity contribution in [3.63, 3.8) is 0 Å². The third kappa shape index (κ3) is 3.27. The summed E-state index contributed by atoms with van der Waals surface area (Å²) >= 11 is 2.88. The molecule has 0 spiro atoms. The van der Waals surface area contributed by atoms with Crippen LogP contribution in [0.15, 0.2) is 16.9 Å². The average molecular weight is 414 g/mol. The van der Waals surface area contributed by atoms with Gasteiger partial charge in [-0.2, -0.15) is 0 Å².